The Hall–Kier alpha value is -2.83. The summed E-state index contributed by atoms with van der Waals surface area (Å²) in [6.07, 6.45) is 0.868. The largest absolute Gasteiger partial charge is 0.497 e. The number of carboxylic acids is 1. The highest BCUT2D eigenvalue weighted by Gasteiger charge is 2.19. The van der Waals surface area contributed by atoms with Crippen LogP contribution in [0.15, 0.2) is 33.5 Å². The van der Waals surface area contributed by atoms with Gasteiger partial charge < -0.3 is 19.6 Å². The number of benzene rings is 1. The Morgan fingerprint density at radius 3 is 2.71 bits per heavy atom. The molecule has 0 fully saturated rings. The monoisotopic (exact) mass is 333 g/mol. The molecule has 7 nitrogen and oxygen atoms in total. The number of aliphatic carboxylic acids is 1. The Morgan fingerprint density at radius 1 is 1.33 bits per heavy atom. The number of rotatable bonds is 7. The standard InChI is InChI=1S/C17H19NO6/c1-3-4-13(17(21)22)18-15(19)7-10-8-16(20)24-14-9-11(23-2)5-6-12(10)14/h5-6,8-9,13H,3-4,7H2,1-2H3,(H,18,19)(H,21,22). The lowest BCUT2D eigenvalue weighted by Gasteiger charge is -2.14. The minimum Gasteiger partial charge on any atom is -0.497 e. The van der Waals surface area contributed by atoms with Crippen LogP contribution in [0.25, 0.3) is 11.0 Å². The predicted octanol–water partition coefficient (Wildman–Crippen LogP) is 1.71. The first-order valence-corrected chi connectivity index (χ1v) is 7.57. The first kappa shape index (κ1) is 17.5. The average Bonchev–Trinajstić information content (AvgIpc) is 2.53. The summed E-state index contributed by atoms with van der Waals surface area (Å²) in [6.45, 7) is 1.84. The molecule has 1 aromatic carbocycles. The lowest BCUT2D eigenvalue weighted by atomic mass is 10.1. The molecule has 0 radical (unpaired) electrons. The van der Waals surface area contributed by atoms with Crippen LogP contribution < -0.4 is 15.7 Å². The van der Waals surface area contributed by atoms with Crippen LogP contribution >= 0.6 is 0 Å². The molecule has 24 heavy (non-hydrogen) atoms. The van der Waals surface area contributed by atoms with Gasteiger partial charge in [-0.15, -0.1) is 0 Å². The lowest BCUT2D eigenvalue weighted by Crippen LogP contribution is -2.41. The Bertz CT molecular complexity index is 810. The lowest BCUT2D eigenvalue weighted by molar-refractivity contribution is -0.141. The number of fused-ring (bicyclic) bond motifs is 1. The molecule has 1 amide bonds. The van der Waals surface area contributed by atoms with Gasteiger partial charge in [0, 0.05) is 17.5 Å². The molecule has 0 bridgehead atoms. The predicted molar refractivity (Wildman–Crippen MR) is 87.2 cm³/mol. The molecule has 1 unspecified atom stereocenters. The number of carboxylic acid groups (broad SMARTS) is 1. The van der Waals surface area contributed by atoms with Crippen LogP contribution in [0.3, 0.4) is 0 Å². The van der Waals surface area contributed by atoms with Crippen molar-refractivity contribution in [1.82, 2.24) is 5.32 Å². The van der Waals surface area contributed by atoms with Gasteiger partial charge in [0.1, 0.15) is 17.4 Å². The van der Waals surface area contributed by atoms with Gasteiger partial charge in [0.15, 0.2) is 0 Å². The number of carbonyl (C=O) groups is 2. The van der Waals surface area contributed by atoms with Gasteiger partial charge in [-0.25, -0.2) is 9.59 Å². The smallest absolute Gasteiger partial charge is 0.336 e. The van der Waals surface area contributed by atoms with Crippen LogP contribution in [0.4, 0.5) is 0 Å². The first-order chi connectivity index (χ1) is 11.4. The second kappa shape index (κ2) is 7.63. The topological polar surface area (TPSA) is 106 Å². The molecule has 1 heterocycles. The maximum Gasteiger partial charge on any atom is 0.336 e. The number of methoxy groups -OCH3 is 1. The molecular formula is C17H19NO6. The van der Waals surface area contributed by atoms with Crippen molar-refractivity contribution < 1.29 is 23.8 Å². The van der Waals surface area contributed by atoms with Gasteiger partial charge in [-0.2, -0.15) is 0 Å². The highest BCUT2D eigenvalue weighted by Crippen LogP contribution is 2.22. The third kappa shape index (κ3) is 4.13. The molecular weight excluding hydrogens is 314 g/mol. The Labute approximate surface area is 138 Å². The zero-order valence-electron chi connectivity index (χ0n) is 13.5. The summed E-state index contributed by atoms with van der Waals surface area (Å²) in [5, 5.41) is 12.2. The Balaban J connectivity index is 2.27. The summed E-state index contributed by atoms with van der Waals surface area (Å²) in [4.78, 5) is 35.0. The van der Waals surface area contributed by atoms with Crippen LogP contribution in [0.2, 0.25) is 0 Å². The van der Waals surface area contributed by atoms with E-state index in [1.54, 1.807) is 18.2 Å². The van der Waals surface area contributed by atoms with Crippen LogP contribution in [-0.4, -0.2) is 30.1 Å². The van der Waals surface area contributed by atoms with Crippen LogP contribution in [0.5, 0.6) is 5.75 Å². The van der Waals surface area contributed by atoms with Gasteiger partial charge in [-0.05, 0) is 24.1 Å². The molecule has 2 aromatic rings. The van der Waals surface area contributed by atoms with E-state index >= 15 is 0 Å². The normalized spacial score (nSPS) is 11.9. The van der Waals surface area contributed by atoms with Crippen LogP contribution in [0.1, 0.15) is 25.3 Å². The Kier molecular flexibility index (Phi) is 5.57. The van der Waals surface area contributed by atoms with Gasteiger partial charge >= 0.3 is 11.6 Å². The van der Waals surface area contributed by atoms with E-state index in [9.17, 15) is 14.4 Å². The van der Waals surface area contributed by atoms with E-state index in [2.05, 4.69) is 5.32 Å². The molecule has 1 aromatic heterocycles. The van der Waals surface area contributed by atoms with Crippen molar-refractivity contribution in [3.8, 4) is 5.75 Å². The van der Waals surface area contributed by atoms with Gasteiger partial charge in [0.25, 0.3) is 0 Å². The molecule has 1 atom stereocenters. The molecule has 2 rings (SSSR count). The van der Waals surface area contributed by atoms with Gasteiger partial charge in [0.05, 0.1) is 13.5 Å². The summed E-state index contributed by atoms with van der Waals surface area (Å²) < 4.78 is 10.2. The highest BCUT2D eigenvalue weighted by atomic mass is 16.5. The second-order valence-electron chi connectivity index (χ2n) is 5.38. The molecule has 0 saturated heterocycles. The fourth-order valence-corrected chi connectivity index (χ4v) is 2.45. The van der Waals surface area contributed by atoms with Crippen molar-refractivity contribution in [3.63, 3.8) is 0 Å². The number of ether oxygens (including phenoxy) is 1. The van der Waals surface area contributed by atoms with Crippen molar-refractivity contribution in [2.24, 2.45) is 0 Å². The summed E-state index contributed by atoms with van der Waals surface area (Å²) in [5.41, 5.74) is 0.205. The summed E-state index contributed by atoms with van der Waals surface area (Å²) in [7, 11) is 1.50. The van der Waals surface area contributed by atoms with Crippen LogP contribution in [0, 0.1) is 0 Å². The molecule has 0 aliphatic rings. The van der Waals surface area contributed by atoms with E-state index in [1.807, 2.05) is 6.92 Å². The summed E-state index contributed by atoms with van der Waals surface area (Å²) >= 11 is 0. The molecule has 0 aliphatic carbocycles. The third-order valence-corrected chi connectivity index (χ3v) is 3.60. The number of hydrogen-bond donors (Lipinski definition) is 2. The van der Waals surface area contributed by atoms with Crippen molar-refractivity contribution >= 4 is 22.8 Å². The van der Waals surface area contributed by atoms with Gasteiger partial charge in [-0.1, -0.05) is 13.3 Å². The first-order valence-electron chi connectivity index (χ1n) is 7.57. The fourth-order valence-electron chi connectivity index (χ4n) is 2.45. The molecule has 7 heteroatoms. The number of nitrogens with one attached hydrogen (secondary N) is 1. The molecule has 0 spiro atoms. The maximum atomic E-state index is 12.1. The van der Waals surface area contributed by atoms with Crippen molar-refractivity contribution in [2.45, 2.75) is 32.2 Å². The minimum absolute atomic E-state index is 0.109. The van der Waals surface area contributed by atoms with E-state index in [0.717, 1.165) is 0 Å². The average molecular weight is 333 g/mol. The van der Waals surface area contributed by atoms with Crippen molar-refractivity contribution in [3.05, 3.63) is 40.2 Å². The minimum atomic E-state index is -1.08. The van der Waals surface area contributed by atoms with E-state index in [-0.39, 0.29) is 6.42 Å². The van der Waals surface area contributed by atoms with E-state index in [4.69, 9.17) is 14.3 Å². The molecule has 128 valence electrons. The third-order valence-electron chi connectivity index (χ3n) is 3.60. The fraction of sp³-hybridized carbons (Fsp3) is 0.353. The van der Waals surface area contributed by atoms with E-state index in [0.29, 0.717) is 35.1 Å². The zero-order valence-corrected chi connectivity index (χ0v) is 13.5. The number of amides is 1. The zero-order chi connectivity index (χ0) is 17.7. The number of hydrogen-bond acceptors (Lipinski definition) is 5. The summed E-state index contributed by atoms with van der Waals surface area (Å²) in [6, 6.07) is 5.26. The SMILES string of the molecule is CCCC(NC(=O)Cc1cc(=O)oc2cc(OC)ccc12)C(=O)O. The maximum absolute atomic E-state index is 12.1. The van der Waals surface area contributed by atoms with Crippen molar-refractivity contribution in [1.29, 1.82) is 0 Å². The molecule has 0 aliphatic heterocycles. The number of carbonyl (C=O) groups excluding carboxylic acids is 1. The van der Waals surface area contributed by atoms with Gasteiger partial charge in [0.2, 0.25) is 5.91 Å². The van der Waals surface area contributed by atoms with Crippen molar-refractivity contribution in [2.75, 3.05) is 7.11 Å². The second-order valence-corrected chi connectivity index (χ2v) is 5.38. The van der Waals surface area contributed by atoms with E-state index < -0.39 is 23.5 Å². The molecule has 0 saturated carbocycles. The Morgan fingerprint density at radius 2 is 2.08 bits per heavy atom. The molecule has 2 N–H and O–H groups in total. The quantitative estimate of drug-likeness (QED) is 0.747. The summed E-state index contributed by atoms with van der Waals surface area (Å²) in [5.74, 6) is -1.01. The van der Waals surface area contributed by atoms with Crippen LogP contribution in [-0.2, 0) is 16.0 Å². The highest BCUT2D eigenvalue weighted by molar-refractivity contribution is 5.89. The van der Waals surface area contributed by atoms with E-state index in [1.165, 1.54) is 13.2 Å². The van der Waals surface area contributed by atoms with Gasteiger partial charge in [-0.3, -0.25) is 4.79 Å².